The first-order valence-corrected chi connectivity index (χ1v) is 7.89. The second-order valence-corrected chi connectivity index (χ2v) is 6.04. The van der Waals surface area contributed by atoms with Gasteiger partial charge in [-0.25, -0.2) is 0 Å². The van der Waals surface area contributed by atoms with Gasteiger partial charge in [0.2, 0.25) is 5.91 Å². The van der Waals surface area contributed by atoms with Crippen molar-refractivity contribution in [3.63, 3.8) is 0 Å². The van der Waals surface area contributed by atoms with Crippen LogP contribution < -0.4 is 5.32 Å². The minimum Gasteiger partial charge on any atom is -0.381 e. The molecule has 2 rings (SSSR count). The molecule has 23 heavy (non-hydrogen) atoms. The molecule has 3 nitrogen and oxygen atoms in total. The zero-order chi connectivity index (χ0) is 16.9. The highest BCUT2D eigenvalue weighted by Crippen LogP contribution is 2.25. The summed E-state index contributed by atoms with van der Waals surface area (Å²) in [4.78, 5) is 12.3. The van der Waals surface area contributed by atoms with Crippen molar-refractivity contribution in [2.75, 3.05) is 18.5 Å². The summed E-state index contributed by atoms with van der Waals surface area (Å²) in [6.45, 7) is 3.29. The third kappa shape index (κ3) is 5.86. The molecule has 1 fully saturated rings. The van der Waals surface area contributed by atoms with Gasteiger partial charge in [0.05, 0.1) is 0 Å². The number of hydrogen-bond donors (Lipinski definition) is 1. The molecule has 0 aliphatic carbocycles. The Morgan fingerprint density at radius 2 is 1.87 bits per heavy atom. The highest BCUT2D eigenvalue weighted by atomic mass is 19.4. The predicted molar refractivity (Wildman–Crippen MR) is 82.2 cm³/mol. The molecule has 1 aromatic rings. The van der Waals surface area contributed by atoms with E-state index < -0.39 is 12.6 Å². The molecule has 1 aromatic carbocycles. The van der Waals surface area contributed by atoms with Gasteiger partial charge < -0.3 is 10.1 Å². The van der Waals surface area contributed by atoms with Gasteiger partial charge in [0, 0.05) is 31.2 Å². The van der Waals surface area contributed by atoms with Crippen molar-refractivity contribution in [2.45, 2.75) is 38.8 Å². The molecule has 128 valence electrons. The average molecular weight is 329 g/mol. The highest BCUT2D eigenvalue weighted by molar-refractivity contribution is 5.92. The monoisotopic (exact) mass is 329 g/mol. The lowest BCUT2D eigenvalue weighted by Crippen LogP contribution is -2.30. The van der Waals surface area contributed by atoms with E-state index in [4.69, 9.17) is 4.74 Å². The van der Waals surface area contributed by atoms with Gasteiger partial charge in [0.15, 0.2) is 0 Å². The lowest BCUT2D eigenvalue weighted by molar-refractivity contribution is -0.134. The quantitative estimate of drug-likeness (QED) is 0.880. The van der Waals surface area contributed by atoms with Gasteiger partial charge in [-0.2, -0.15) is 13.2 Å². The SMILES string of the molecule is CC(C(=O)Nc1ccc(CCC(F)(F)F)cc1)C1CCOCC1. The van der Waals surface area contributed by atoms with Crippen LogP contribution in [0.15, 0.2) is 24.3 Å². The third-order valence-electron chi connectivity index (χ3n) is 4.31. The number of alkyl halides is 3. The Kier molecular flexibility index (Phi) is 6.04. The van der Waals surface area contributed by atoms with Crippen molar-refractivity contribution in [1.29, 1.82) is 0 Å². The Morgan fingerprint density at radius 1 is 1.26 bits per heavy atom. The van der Waals surface area contributed by atoms with Gasteiger partial charge in [-0.15, -0.1) is 0 Å². The van der Waals surface area contributed by atoms with Gasteiger partial charge in [-0.3, -0.25) is 4.79 Å². The van der Waals surface area contributed by atoms with Crippen LogP contribution in [0.3, 0.4) is 0 Å². The molecule has 1 N–H and O–H groups in total. The van der Waals surface area contributed by atoms with Crippen LogP contribution in [0.4, 0.5) is 18.9 Å². The van der Waals surface area contributed by atoms with E-state index in [0.29, 0.717) is 30.4 Å². The minimum atomic E-state index is -4.15. The lowest BCUT2D eigenvalue weighted by atomic mass is 9.87. The van der Waals surface area contributed by atoms with Crippen molar-refractivity contribution in [3.8, 4) is 0 Å². The molecule has 0 radical (unpaired) electrons. The van der Waals surface area contributed by atoms with Gasteiger partial charge in [-0.1, -0.05) is 19.1 Å². The van der Waals surface area contributed by atoms with Crippen molar-refractivity contribution >= 4 is 11.6 Å². The van der Waals surface area contributed by atoms with E-state index in [1.807, 2.05) is 6.92 Å². The number of rotatable bonds is 5. The fourth-order valence-electron chi connectivity index (χ4n) is 2.73. The molecule has 1 heterocycles. The molecule has 1 aliphatic rings. The van der Waals surface area contributed by atoms with Crippen LogP contribution in [0.2, 0.25) is 0 Å². The number of aryl methyl sites for hydroxylation is 1. The lowest BCUT2D eigenvalue weighted by Gasteiger charge is -2.27. The van der Waals surface area contributed by atoms with Gasteiger partial charge >= 0.3 is 6.18 Å². The first-order chi connectivity index (χ1) is 10.8. The molecular weight excluding hydrogens is 307 g/mol. The Labute approximate surface area is 134 Å². The summed E-state index contributed by atoms with van der Waals surface area (Å²) in [6, 6.07) is 6.56. The van der Waals surface area contributed by atoms with Crippen LogP contribution in [-0.4, -0.2) is 25.3 Å². The normalized spacial score (nSPS) is 17.7. The van der Waals surface area contributed by atoms with Gasteiger partial charge in [0.25, 0.3) is 0 Å². The summed E-state index contributed by atoms with van der Waals surface area (Å²) in [5, 5.41) is 2.84. The molecule has 0 spiro atoms. The smallest absolute Gasteiger partial charge is 0.381 e. The summed E-state index contributed by atoms with van der Waals surface area (Å²) in [5.41, 5.74) is 1.22. The number of anilines is 1. The van der Waals surface area contributed by atoms with Crippen LogP contribution in [0.1, 0.15) is 31.7 Å². The van der Waals surface area contributed by atoms with Crippen molar-refractivity contribution in [3.05, 3.63) is 29.8 Å². The Bertz CT molecular complexity index is 508. The number of nitrogens with one attached hydrogen (secondary N) is 1. The van der Waals surface area contributed by atoms with Crippen LogP contribution in [0, 0.1) is 11.8 Å². The molecule has 0 saturated carbocycles. The zero-order valence-electron chi connectivity index (χ0n) is 13.2. The predicted octanol–water partition coefficient (Wildman–Crippen LogP) is 4.18. The van der Waals surface area contributed by atoms with E-state index in [2.05, 4.69) is 5.32 Å². The van der Waals surface area contributed by atoms with Crippen molar-refractivity contribution in [2.24, 2.45) is 11.8 Å². The van der Waals surface area contributed by atoms with E-state index in [9.17, 15) is 18.0 Å². The van der Waals surface area contributed by atoms with E-state index in [0.717, 1.165) is 12.8 Å². The third-order valence-corrected chi connectivity index (χ3v) is 4.31. The molecule has 1 unspecified atom stereocenters. The highest BCUT2D eigenvalue weighted by Gasteiger charge is 2.27. The second kappa shape index (κ2) is 7.81. The maximum absolute atomic E-state index is 12.3. The number of carbonyl (C=O) groups is 1. The van der Waals surface area contributed by atoms with Gasteiger partial charge in [-0.05, 0) is 42.9 Å². The van der Waals surface area contributed by atoms with Crippen molar-refractivity contribution in [1.82, 2.24) is 0 Å². The number of benzene rings is 1. The maximum Gasteiger partial charge on any atom is 0.389 e. The van der Waals surface area contributed by atoms with Crippen LogP contribution >= 0.6 is 0 Å². The molecule has 1 amide bonds. The molecule has 0 bridgehead atoms. The topological polar surface area (TPSA) is 38.3 Å². The molecule has 1 aliphatic heterocycles. The number of amides is 1. The molecule has 6 heteroatoms. The van der Waals surface area contributed by atoms with E-state index in [1.165, 1.54) is 0 Å². The van der Waals surface area contributed by atoms with Crippen LogP contribution in [0.5, 0.6) is 0 Å². The fourth-order valence-corrected chi connectivity index (χ4v) is 2.73. The molecule has 0 aromatic heterocycles. The standard InChI is InChI=1S/C17H22F3NO2/c1-12(14-7-10-23-11-8-14)16(22)21-15-4-2-13(3-5-15)6-9-17(18,19)20/h2-5,12,14H,6-11H2,1H3,(H,21,22). The van der Waals surface area contributed by atoms with Crippen LogP contribution in [0.25, 0.3) is 0 Å². The zero-order valence-corrected chi connectivity index (χ0v) is 13.2. The van der Waals surface area contributed by atoms with Crippen molar-refractivity contribution < 1.29 is 22.7 Å². The average Bonchev–Trinajstić information content (AvgIpc) is 2.53. The van der Waals surface area contributed by atoms with E-state index >= 15 is 0 Å². The Balaban J connectivity index is 1.86. The molecule has 1 saturated heterocycles. The summed E-state index contributed by atoms with van der Waals surface area (Å²) in [7, 11) is 0. The van der Waals surface area contributed by atoms with Crippen LogP contribution in [-0.2, 0) is 16.0 Å². The minimum absolute atomic E-state index is 0.0454. The molecular formula is C17H22F3NO2. The summed E-state index contributed by atoms with van der Waals surface area (Å²) < 4.78 is 41.9. The summed E-state index contributed by atoms with van der Waals surface area (Å²) in [5.74, 6) is 0.151. The number of carbonyl (C=O) groups excluding carboxylic acids is 1. The van der Waals surface area contributed by atoms with Gasteiger partial charge in [0.1, 0.15) is 0 Å². The number of ether oxygens (including phenoxy) is 1. The Morgan fingerprint density at radius 3 is 2.43 bits per heavy atom. The fraction of sp³-hybridized carbons (Fsp3) is 0.588. The Hall–Kier alpha value is -1.56. The largest absolute Gasteiger partial charge is 0.389 e. The first kappa shape index (κ1) is 17.8. The second-order valence-electron chi connectivity index (χ2n) is 6.04. The van der Waals surface area contributed by atoms with E-state index in [1.54, 1.807) is 24.3 Å². The first-order valence-electron chi connectivity index (χ1n) is 7.89. The summed E-state index contributed by atoms with van der Waals surface area (Å²) >= 11 is 0. The number of halogens is 3. The molecule has 1 atom stereocenters. The number of hydrogen-bond acceptors (Lipinski definition) is 2. The van der Waals surface area contributed by atoms with E-state index in [-0.39, 0.29) is 18.2 Å². The summed E-state index contributed by atoms with van der Waals surface area (Å²) in [6.07, 6.45) is -3.27. The maximum atomic E-state index is 12.3.